The smallest absolute Gasteiger partial charge is 0.168 e. The average molecular weight is 536 g/mol. The van der Waals surface area contributed by atoms with Gasteiger partial charge in [0.25, 0.3) is 0 Å². The number of methoxy groups -OCH3 is 1. The molecule has 0 bridgehead atoms. The molecule has 0 amide bonds. The summed E-state index contributed by atoms with van der Waals surface area (Å²) in [6.45, 7) is 4.44. The molecule has 0 saturated heterocycles. The van der Waals surface area contributed by atoms with Gasteiger partial charge in [-0.3, -0.25) is 14.6 Å². The van der Waals surface area contributed by atoms with Crippen molar-refractivity contribution in [1.82, 2.24) is 29.3 Å². The molecule has 3 N–H and O–H groups in total. The van der Waals surface area contributed by atoms with E-state index in [-0.39, 0.29) is 6.61 Å². The Hall–Kier alpha value is -3.54. The van der Waals surface area contributed by atoms with Gasteiger partial charge in [0.1, 0.15) is 5.82 Å². The zero-order valence-electron chi connectivity index (χ0n) is 22.3. The highest BCUT2D eigenvalue weighted by Crippen LogP contribution is 2.37. The number of aliphatic hydroxyl groups is 1. The van der Waals surface area contributed by atoms with E-state index in [1.807, 2.05) is 12.3 Å². The molecule has 1 atom stereocenters. The minimum absolute atomic E-state index is 0.335. The number of ether oxygens (including phenoxy) is 2. The van der Waals surface area contributed by atoms with E-state index < -0.39 is 11.9 Å². The Labute approximate surface area is 226 Å². The second-order valence-corrected chi connectivity index (χ2v) is 10.5. The molecule has 10 nitrogen and oxygen atoms in total. The molecule has 4 aromatic rings. The van der Waals surface area contributed by atoms with Gasteiger partial charge in [-0.1, -0.05) is 0 Å². The lowest BCUT2D eigenvalue weighted by Crippen LogP contribution is -2.44. The van der Waals surface area contributed by atoms with Crippen molar-refractivity contribution < 1.29 is 19.0 Å². The second kappa shape index (κ2) is 10.6. The first kappa shape index (κ1) is 25.7. The molecule has 206 valence electrons. The van der Waals surface area contributed by atoms with Crippen LogP contribution in [0, 0.1) is 12.7 Å². The van der Waals surface area contributed by atoms with Gasteiger partial charge < -0.3 is 20.3 Å². The molecular weight excluding hydrogens is 501 g/mol. The maximum absolute atomic E-state index is 13.5. The van der Waals surface area contributed by atoms with Gasteiger partial charge in [0.05, 0.1) is 49.7 Å². The number of rotatable bonds is 7. The number of fused-ring (bicyclic) bond motifs is 2. The monoisotopic (exact) mass is 535 g/mol. The molecule has 39 heavy (non-hydrogen) atoms. The molecule has 5 heterocycles. The Kier molecular flexibility index (Phi) is 6.96. The highest BCUT2D eigenvalue weighted by Gasteiger charge is 2.30. The van der Waals surface area contributed by atoms with Crippen LogP contribution in [0.25, 0.3) is 16.8 Å². The molecule has 2 aliphatic rings. The summed E-state index contributed by atoms with van der Waals surface area (Å²) in [5, 5.41) is 19.6. The van der Waals surface area contributed by atoms with Gasteiger partial charge in [-0.05, 0) is 56.4 Å². The molecule has 1 fully saturated rings. The van der Waals surface area contributed by atoms with Crippen molar-refractivity contribution in [3.63, 3.8) is 0 Å². The predicted molar refractivity (Wildman–Crippen MR) is 143 cm³/mol. The largest absolute Gasteiger partial charge is 0.493 e. The molecule has 0 aromatic carbocycles. The number of nitrogens with zero attached hydrogens (tertiary/aromatic N) is 6. The molecule has 1 aliphatic heterocycles. The van der Waals surface area contributed by atoms with E-state index in [0.717, 1.165) is 68.3 Å². The third kappa shape index (κ3) is 4.86. The molecule has 0 spiro atoms. The minimum Gasteiger partial charge on any atom is -0.493 e. The van der Waals surface area contributed by atoms with Crippen LogP contribution in [0.1, 0.15) is 48.7 Å². The summed E-state index contributed by atoms with van der Waals surface area (Å²) in [6.07, 6.45) is 8.30. The summed E-state index contributed by atoms with van der Waals surface area (Å²) in [5.41, 5.74) is 11.2. The van der Waals surface area contributed by atoms with Crippen molar-refractivity contribution in [2.24, 2.45) is 5.73 Å². The predicted octanol–water partition coefficient (Wildman–Crippen LogP) is 3.25. The minimum atomic E-state index is -0.808. The van der Waals surface area contributed by atoms with Crippen LogP contribution in [-0.2, 0) is 13.1 Å². The van der Waals surface area contributed by atoms with Gasteiger partial charge in [0, 0.05) is 36.9 Å². The van der Waals surface area contributed by atoms with Gasteiger partial charge in [0.2, 0.25) is 0 Å². The molecular formula is C28H34FN7O3. The lowest BCUT2D eigenvalue weighted by atomic mass is 9.90. The van der Waals surface area contributed by atoms with Crippen LogP contribution in [0.5, 0.6) is 11.5 Å². The highest BCUT2D eigenvalue weighted by atomic mass is 19.1. The fraction of sp³-hybridized carbons (Fsp3) is 0.464. The number of hydrogen-bond acceptors (Lipinski definition) is 8. The topological polar surface area (TPSA) is 116 Å². The van der Waals surface area contributed by atoms with Crippen molar-refractivity contribution in [2.75, 3.05) is 20.3 Å². The van der Waals surface area contributed by atoms with E-state index in [9.17, 15) is 9.50 Å². The number of pyridine rings is 2. The lowest BCUT2D eigenvalue weighted by Gasteiger charge is -2.38. The molecule has 4 aromatic heterocycles. The zero-order chi connectivity index (χ0) is 27.1. The van der Waals surface area contributed by atoms with E-state index in [4.69, 9.17) is 20.3 Å². The van der Waals surface area contributed by atoms with Gasteiger partial charge in [-0.2, -0.15) is 10.2 Å². The molecule has 0 radical (unpaired) electrons. The van der Waals surface area contributed by atoms with Gasteiger partial charge in [0.15, 0.2) is 23.1 Å². The number of hydrogen-bond donors (Lipinski definition) is 2. The first-order valence-electron chi connectivity index (χ1n) is 13.5. The number of aliphatic hydroxyl groups excluding tert-OH is 1. The van der Waals surface area contributed by atoms with Crippen LogP contribution in [0.15, 0.2) is 36.8 Å². The summed E-state index contributed by atoms with van der Waals surface area (Å²) in [6, 6.07) is 5.60. The van der Waals surface area contributed by atoms with Gasteiger partial charge in [-0.25, -0.2) is 8.91 Å². The van der Waals surface area contributed by atoms with E-state index in [2.05, 4.69) is 26.6 Å². The Morgan fingerprint density at radius 3 is 2.69 bits per heavy atom. The average Bonchev–Trinajstić information content (AvgIpc) is 3.53. The van der Waals surface area contributed by atoms with Crippen LogP contribution in [-0.4, -0.2) is 66.7 Å². The number of aromatic nitrogens is 5. The van der Waals surface area contributed by atoms with E-state index in [0.29, 0.717) is 34.8 Å². The van der Waals surface area contributed by atoms with Crippen molar-refractivity contribution in [1.29, 1.82) is 0 Å². The quantitative estimate of drug-likeness (QED) is 0.371. The van der Waals surface area contributed by atoms with Crippen molar-refractivity contribution in [3.05, 3.63) is 59.6 Å². The number of nitrogens with two attached hydrogens (primary N) is 1. The SMILES string of the molecule is COc1cnn2cc(-c3nn4c(c3C)CN(C3CCC(N)CC3)CC4)cc(OC(CO)c3ccc(F)cn3)c12. The maximum Gasteiger partial charge on any atom is 0.168 e. The third-order valence-corrected chi connectivity index (χ3v) is 8.08. The van der Waals surface area contributed by atoms with Crippen LogP contribution in [0.3, 0.4) is 0 Å². The maximum atomic E-state index is 13.5. The summed E-state index contributed by atoms with van der Waals surface area (Å²) in [7, 11) is 1.57. The van der Waals surface area contributed by atoms with E-state index in [1.165, 1.54) is 17.8 Å². The van der Waals surface area contributed by atoms with Crippen LogP contribution in [0.4, 0.5) is 4.39 Å². The van der Waals surface area contributed by atoms with Crippen LogP contribution in [0.2, 0.25) is 0 Å². The Balaban J connectivity index is 1.35. The van der Waals surface area contributed by atoms with E-state index in [1.54, 1.807) is 17.8 Å². The van der Waals surface area contributed by atoms with Crippen LogP contribution < -0.4 is 15.2 Å². The molecule has 1 unspecified atom stereocenters. The zero-order valence-corrected chi connectivity index (χ0v) is 22.3. The fourth-order valence-electron chi connectivity index (χ4n) is 5.87. The second-order valence-electron chi connectivity index (χ2n) is 10.5. The van der Waals surface area contributed by atoms with Gasteiger partial charge >= 0.3 is 0 Å². The summed E-state index contributed by atoms with van der Waals surface area (Å²) in [4.78, 5) is 6.68. The highest BCUT2D eigenvalue weighted by molar-refractivity contribution is 5.75. The molecule has 6 rings (SSSR count). The molecule has 11 heteroatoms. The van der Waals surface area contributed by atoms with Crippen molar-refractivity contribution in [2.45, 2.75) is 63.9 Å². The van der Waals surface area contributed by atoms with E-state index >= 15 is 0 Å². The molecule has 1 aliphatic carbocycles. The first-order valence-corrected chi connectivity index (χ1v) is 13.5. The van der Waals surface area contributed by atoms with Crippen molar-refractivity contribution in [3.8, 4) is 22.8 Å². The Morgan fingerprint density at radius 2 is 1.97 bits per heavy atom. The van der Waals surface area contributed by atoms with Crippen LogP contribution >= 0.6 is 0 Å². The Bertz CT molecular complexity index is 1460. The fourth-order valence-corrected chi connectivity index (χ4v) is 5.87. The first-order chi connectivity index (χ1) is 18.9. The third-order valence-electron chi connectivity index (χ3n) is 8.08. The normalized spacial score (nSPS) is 20.6. The van der Waals surface area contributed by atoms with Gasteiger partial charge in [-0.15, -0.1) is 0 Å². The Morgan fingerprint density at radius 1 is 1.15 bits per heavy atom. The lowest BCUT2D eigenvalue weighted by molar-refractivity contribution is 0.114. The summed E-state index contributed by atoms with van der Waals surface area (Å²) in [5.74, 6) is 0.531. The number of halogens is 1. The summed E-state index contributed by atoms with van der Waals surface area (Å²) >= 11 is 0. The van der Waals surface area contributed by atoms with Crippen molar-refractivity contribution >= 4 is 5.52 Å². The standard InChI is InChI=1S/C28H34FN7O3/c1-17-23-15-34(21-6-4-20(30)5-7-21)9-10-35(23)33-27(17)18-11-24(28-25(38-2)13-32-36(28)14-18)39-26(16-37)22-8-3-19(29)12-31-22/h3,8,11-14,20-21,26,37H,4-7,9-10,15-16,30H2,1-2H3. The molecule has 1 saturated carbocycles. The summed E-state index contributed by atoms with van der Waals surface area (Å²) < 4.78 is 29.1.